The van der Waals surface area contributed by atoms with Gasteiger partial charge in [-0.2, -0.15) is 4.98 Å². The lowest BCUT2D eigenvalue weighted by Gasteiger charge is -2.02. The van der Waals surface area contributed by atoms with Crippen LogP contribution in [-0.4, -0.2) is 16.8 Å². The Morgan fingerprint density at radius 1 is 0.917 bits per heavy atom. The average molecular weight is 321 g/mol. The van der Waals surface area contributed by atoms with Crippen LogP contribution >= 0.6 is 0 Å². The van der Waals surface area contributed by atoms with E-state index in [1.54, 1.807) is 24.3 Å². The number of aromatic nitrogens is 1. The van der Waals surface area contributed by atoms with Crippen molar-refractivity contribution >= 4 is 17.8 Å². The summed E-state index contributed by atoms with van der Waals surface area (Å²) >= 11 is 0. The summed E-state index contributed by atoms with van der Waals surface area (Å²) in [6, 6.07) is 18.2. The first-order chi connectivity index (χ1) is 11.7. The van der Waals surface area contributed by atoms with Crippen molar-refractivity contribution in [2.75, 3.05) is 5.32 Å². The van der Waals surface area contributed by atoms with Crippen LogP contribution in [0.25, 0.3) is 0 Å². The summed E-state index contributed by atoms with van der Waals surface area (Å²) in [4.78, 5) is 28.0. The van der Waals surface area contributed by atoms with Gasteiger partial charge in [0.15, 0.2) is 5.69 Å². The minimum atomic E-state index is -0.372. The topological polar surface area (TPSA) is 84.2 Å². The molecule has 24 heavy (non-hydrogen) atoms. The third-order valence-electron chi connectivity index (χ3n) is 3.29. The fourth-order valence-corrected chi connectivity index (χ4v) is 2.06. The maximum absolute atomic E-state index is 12.0. The first-order valence-corrected chi connectivity index (χ1v) is 7.36. The summed E-state index contributed by atoms with van der Waals surface area (Å²) in [5.74, 6) is -0.725. The molecule has 0 unspecified atom stereocenters. The fraction of sp³-hybridized carbons (Fsp3) is 0.0556. The SMILES string of the molecule is O=C(Nc1nc(C(=O)NCc2ccccc2)co1)c1ccccc1. The van der Waals surface area contributed by atoms with E-state index in [0.29, 0.717) is 12.1 Å². The van der Waals surface area contributed by atoms with Crippen LogP contribution in [0.2, 0.25) is 0 Å². The van der Waals surface area contributed by atoms with E-state index in [1.165, 1.54) is 6.26 Å². The molecule has 2 amide bonds. The van der Waals surface area contributed by atoms with Crippen molar-refractivity contribution in [1.82, 2.24) is 10.3 Å². The normalized spacial score (nSPS) is 10.2. The number of oxazole rings is 1. The minimum absolute atomic E-state index is 0.0197. The molecule has 2 N–H and O–H groups in total. The molecule has 2 aromatic carbocycles. The van der Waals surface area contributed by atoms with Crippen LogP contribution in [-0.2, 0) is 6.54 Å². The van der Waals surface area contributed by atoms with Gasteiger partial charge in [-0.05, 0) is 17.7 Å². The summed E-state index contributed by atoms with van der Waals surface area (Å²) in [6.07, 6.45) is 1.21. The maximum Gasteiger partial charge on any atom is 0.302 e. The lowest BCUT2D eigenvalue weighted by molar-refractivity contribution is 0.0944. The molecule has 0 aliphatic heterocycles. The van der Waals surface area contributed by atoms with Crippen LogP contribution in [0.3, 0.4) is 0 Å². The number of nitrogens with zero attached hydrogens (tertiary/aromatic N) is 1. The number of carbonyl (C=O) groups is 2. The van der Waals surface area contributed by atoms with Crippen molar-refractivity contribution in [3.05, 3.63) is 83.7 Å². The highest BCUT2D eigenvalue weighted by Gasteiger charge is 2.14. The minimum Gasteiger partial charge on any atom is -0.431 e. The first kappa shape index (κ1) is 15.5. The van der Waals surface area contributed by atoms with Crippen LogP contribution in [0.4, 0.5) is 6.01 Å². The van der Waals surface area contributed by atoms with Gasteiger partial charge in [0.05, 0.1) is 0 Å². The quantitative estimate of drug-likeness (QED) is 0.757. The Labute approximate surface area is 138 Å². The molecule has 0 aliphatic rings. The number of anilines is 1. The molecular formula is C18H15N3O3. The lowest BCUT2D eigenvalue weighted by Crippen LogP contribution is -2.23. The van der Waals surface area contributed by atoms with Gasteiger partial charge in [-0.1, -0.05) is 48.5 Å². The molecule has 1 aromatic heterocycles. The van der Waals surface area contributed by atoms with Gasteiger partial charge in [0.2, 0.25) is 0 Å². The molecule has 1 heterocycles. The molecule has 0 spiro atoms. The van der Waals surface area contributed by atoms with Gasteiger partial charge in [-0.3, -0.25) is 14.9 Å². The third-order valence-corrected chi connectivity index (χ3v) is 3.29. The van der Waals surface area contributed by atoms with E-state index < -0.39 is 0 Å². The van der Waals surface area contributed by atoms with Crippen molar-refractivity contribution in [2.24, 2.45) is 0 Å². The Kier molecular flexibility index (Phi) is 4.67. The van der Waals surface area contributed by atoms with Crippen LogP contribution < -0.4 is 10.6 Å². The van der Waals surface area contributed by atoms with Gasteiger partial charge in [0.1, 0.15) is 6.26 Å². The van der Waals surface area contributed by atoms with Gasteiger partial charge >= 0.3 is 6.01 Å². The molecule has 3 rings (SSSR count). The average Bonchev–Trinajstić information content (AvgIpc) is 3.10. The van der Waals surface area contributed by atoms with Crippen molar-refractivity contribution < 1.29 is 14.0 Å². The summed E-state index contributed by atoms with van der Waals surface area (Å²) in [5.41, 5.74) is 1.56. The van der Waals surface area contributed by atoms with Crippen molar-refractivity contribution in [1.29, 1.82) is 0 Å². The number of hydrogen-bond donors (Lipinski definition) is 2. The fourth-order valence-electron chi connectivity index (χ4n) is 2.06. The molecule has 0 saturated carbocycles. The Balaban J connectivity index is 1.58. The standard InChI is InChI=1S/C18H15N3O3/c22-16(14-9-5-2-6-10-14)21-18-20-15(12-24-18)17(23)19-11-13-7-3-1-4-8-13/h1-10,12H,11H2,(H,19,23)(H,20,21,22). The highest BCUT2D eigenvalue weighted by molar-refractivity contribution is 6.03. The van der Waals surface area contributed by atoms with Gasteiger partial charge in [0, 0.05) is 12.1 Å². The van der Waals surface area contributed by atoms with Crippen LogP contribution in [0, 0.1) is 0 Å². The molecule has 0 atom stereocenters. The van der Waals surface area contributed by atoms with E-state index in [-0.39, 0.29) is 23.5 Å². The predicted octanol–water partition coefficient (Wildman–Crippen LogP) is 2.86. The maximum atomic E-state index is 12.0. The second kappa shape index (κ2) is 7.23. The second-order valence-corrected chi connectivity index (χ2v) is 5.03. The summed E-state index contributed by atoms with van der Waals surface area (Å²) in [6.45, 7) is 0.387. The molecule has 0 aliphatic carbocycles. The summed E-state index contributed by atoms with van der Waals surface area (Å²) < 4.78 is 5.13. The first-order valence-electron chi connectivity index (χ1n) is 7.36. The zero-order valence-corrected chi connectivity index (χ0v) is 12.7. The van der Waals surface area contributed by atoms with Crippen LogP contribution in [0.5, 0.6) is 0 Å². The van der Waals surface area contributed by atoms with Gasteiger partial charge in [-0.25, -0.2) is 0 Å². The molecule has 6 nitrogen and oxygen atoms in total. The molecule has 0 bridgehead atoms. The van der Waals surface area contributed by atoms with E-state index in [9.17, 15) is 9.59 Å². The number of carbonyl (C=O) groups excluding carboxylic acids is 2. The Morgan fingerprint density at radius 3 is 2.29 bits per heavy atom. The number of rotatable bonds is 5. The highest BCUT2D eigenvalue weighted by atomic mass is 16.4. The van der Waals surface area contributed by atoms with Crippen molar-refractivity contribution in [3.8, 4) is 0 Å². The molecule has 3 aromatic rings. The third kappa shape index (κ3) is 3.86. The van der Waals surface area contributed by atoms with E-state index in [1.807, 2.05) is 36.4 Å². The van der Waals surface area contributed by atoms with Crippen LogP contribution in [0.1, 0.15) is 26.4 Å². The van der Waals surface area contributed by atoms with Gasteiger partial charge < -0.3 is 9.73 Å². The molecule has 6 heteroatoms. The number of nitrogens with one attached hydrogen (secondary N) is 2. The van der Waals surface area contributed by atoms with E-state index in [0.717, 1.165) is 5.56 Å². The molecular weight excluding hydrogens is 306 g/mol. The molecule has 0 fully saturated rings. The predicted molar refractivity (Wildman–Crippen MR) is 88.5 cm³/mol. The highest BCUT2D eigenvalue weighted by Crippen LogP contribution is 2.10. The van der Waals surface area contributed by atoms with E-state index in [2.05, 4.69) is 15.6 Å². The number of benzene rings is 2. The Morgan fingerprint density at radius 2 is 1.58 bits per heavy atom. The monoisotopic (exact) mass is 321 g/mol. The number of hydrogen-bond acceptors (Lipinski definition) is 4. The van der Waals surface area contributed by atoms with Crippen LogP contribution in [0.15, 0.2) is 71.3 Å². The van der Waals surface area contributed by atoms with Crippen molar-refractivity contribution in [3.63, 3.8) is 0 Å². The van der Waals surface area contributed by atoms with Gasteiger partial charge in [0.25, 0.3) is 11.8 Å². The second-order valence-electron chi connectivity index (χ2n) is 5.03. The largest absolute Gasteiger partial charge is 0.431 e. The Bertz CT molecular complexity index is 829. The smallest absolute Gasteiger partial charge is 0.302 e. The zero-order valence-electron chi connectivity index (χ0n) is 12.7. The number of amides is 2. The zero-order chi connectivity index (χ0) is 16.8. The molecule has 0 radical (unpaired) electrons. The molecule has 0 saturated heterocycles. The van der Waals surface area contributed by atoms with Crippen molar-refractivity contribution in [2.45, 2.75) is 6.54 Å². The van der Waals surface area contributed by atoms with Gasteiger partial charge in [-0.15, -0.1) is 0 Å². The summed E-state index contributed by atoms with van der Waals surface area (Å²) in [7, 11) is 0. The Hall–Kier alpha value is -3.41. The lowest BCUT2D eigenvalue weighted by atomic mass is 10.2. The summed E-state index contributed by atoms with van der Waals surface area (Å²) in [5, 5.41) is 5.25. The molecule has 120 valence electrons. The van der Waals surface area contributed by atoms with E-state index in [4.69, 9.17) is 4.42 Å². The van der Waals surface area contributed by atoms with E-state index >= 15 is 0 Å².